The lowest BCUT2D eigenvalue weighted by Gasteiger charge is -2.19. The molecule has 110 valence electrons. The minimum atomic E-state index is -0.769. The molecule has 0 radical (unpaired) electrons. The summed E-state index contributed by atoms with van der Waals surface area (Å²) in [4.78, 5) is 26.5. The molecule has 0 unspecified atom stereocenters. The predicted octanol–water partition coefficient (Wildman–Crippen LogP) is 2.40. The molecule has 2 rings (SSSR count). The molecular weight excluding hydrogens is 256 g/mol. The average molecular weight is 278 g/mol. The Bertz CT molecular complexity index is 434. The van der Waals surface area contributed by atoms with E-state index in [1.807, 2.05) is 0 Å². The smallest absolute Gasteiger partial charge is 0.355 e. The molecule has 5 heteroatoms. The number of aromatic nitrogens is 1. The van der Waals surface area contributed by atoms with Gasteiger partial charge in [0.1, 0.15) is 5.69 Å². The van der Waals surface area contributed by atoms with Gasteiger partial charge in [-0.05, 0) is 31.9 Å². The fourth-order valence-electron chi connectivity index (χ4n) is 2.48. The van der Waals surface area contributed by atoms with Crippen LogP contribution in [0.2, 0.25) is 0 Å². The van der Waals surface area contributed by atoms with Gasteiger partial charge in [0.2, 0.25) is 0 Å². The number of amides is 1. The van der Waals surface area contributed by atoms with Crippen LogP contribution in [0.25, 0.3) is 0 Å². The standard InChI is InChI=1S/C15H22N2O3/c1-11(20-15(19)13-9-6-10-16-13)14(18)17-12-7-4-2-3-5-8-12/h6,9-12,16H,2-5,7-8H2,1H3,(H,17,18)/t11-/m1/s1. The maximum Gasteiger partial charge on any atom is 0.355 e. The first kappa shape index (κ1) is 14.6. The first-order chi connectivity index (χ1) is 9.66. The number of carbonyl (C=O) groups excluding carboxylic acids is 2. The summed E-state index contributed by atoms with van der Waals surface area (Å²) in [5.41, 5.74) is 0.360. The number of ether oxygens (including phenoxy) is 1. The Kier molecular flexibility index (Phi) is 5.21. The van der Waals surface area contributed by atoms with Gasteiger partial charge in [-0.3, -0.25) is 4.79 Å². The zero-order valence-electron chi connectivity index (χ0n) is 11.9. The summed E-state index contributed by atoms with van der Waals surface area (Å²) in [6, 6.07) is 3.56. The zero-order chi connectivity index (χ0) is 14.4. The molecule has 0 saturated heterocycles. The van der Waals surface area contributed by atoms with Crippen molar-refractivity contribution in [2.24, 2.45) is 0 Å². The highest BCUT2D eigenvalue weighted by Crippen LogP contribution is 2.17. The summed E-state index contributed by atoms with van der Waals surface area (Å²) < 4.78 is 5.15. The number of rotatable bonds is 4. The second-order valence-electron chi connectivity index (χ2n) is 5.33. The topological polar surface area (TPSA) is 71.2 Å². The van der Waals surface area contributed by atoms with Gasteiger partial charge in [-0.1, -0.05) is 25.7 Å². The van der Waals surface area contributed by atoms with Crippen molar-refractivity contribution in [3.63, 3.8) is 0 Å². The van der Waals surface area contributed by atoms with E-state index in [1.54, 1.807) is 25.3 Å². The highest BCUT2D eigenvalue weighted by Gasteiger charge is 2.22. The molecule has 1 aliphatic rings. The number of esters is 1. The Morgan fingerprint density at radius 1 is 1.30 bits per heavy atom. The molecule has 20 heavy (non-hydrogen) atoms. The number of hydrogen-bond acceptors (Lipinski definition) is 3. The number of carbonyl (C=O) groups is 2. The van der Waals surface area contributed by atoms with Gasteiger partial charge in [-0.15, -0.1) is 0 Å². The van der Waals surface area contributed by atoms with Crippen LogP contribution in [0.5, 0.6) is 0 Å². The van der Waals surface area contributed by atoms with Gasteiger partial charge >= 0.3 is 5.97 Å². The lowest BCUT2D eigenvalue weighted by molar-refractivity contribution is -0.129. The first-order valence-corrected chi connectivity index (χ1v) is 7.31. The van der Waals surface area contributed by atoms with E-state index in [0.717, 1.165) is 25.7 Å². The molecule has 1 atom stereocenters. The third-order valence-corrected chi connectivity index (χ3v) is 3.67. The number of aromatic amines is 1. The molecule has 1 aromatic rings. The molecule has 0 spiro atoms. The highest BCUT2D eigenvalue weighted by molar-refractivity contribution is 5.90. The molecule has 0 aliphatic heterocycles. The Morgan fingerprint density at radius 2 is 2.00 bits per heavy atom. The van der Waals surface area contributed by atoms with Crippen LogP contribution in [0.15, 0.2) is 18.3 Å². The van der Waals surface area contributed by atoms with E-state index in [-0.39, 0.29) is 11.9 Å². The zero-order valence-corrected chi connectivity index (χ0v) is 11.9. The average Bonchev–Trinajstić information content (AvgIpc) is 2.85. The van der Waals surface area contributed by atoms with Gasteiger partial charge in [0.15, 0.2) is 6.10 Å². The molecule has 1 aromatic heterocycles. The summed E-state index contributed by atoms with van der Waals surface area (Å²) in [6.07, 6.45) is 7.70. The predicted molar refractivity (Wildman–Crippen MR) is 75.3 cm³/mol. The van der Waals surface area contributed by atoms with Crippen LogP contribution in [0.1, 0.15) is 55.9 Å². The largest absolute Gasteiger partial charge is 0.448 e. The van der Waals surface area contributed by atoms with Gasteiger partial charge in [0.25, 0.3) is 5.91 Å². The van der Waals surface area contributed by atoms with Crippen molar-refractivity contribution in [3.05, 3.63) is 24.0 Å². The molecule has 1 aliphatic carbocycles. The number of nitrogens with one attached hydrogen (secondary N) is 2. The molecule has 1 fully saturated rings. The molecule has 0 aromatic carbocycles. The van der Waals surface area contributed by atoms with E-state index in [1.165, 1.54) is 12.8 Å². The van der Waals surface area contributed by atoms with Crippen LogP contribution in [0, 0.1) is 0 Å². The normalized spacial score (nSPS) is 18.1. The molecule has 0 bridgehead atoms. The fraction of sp³-hybridized carbons (Fsp3) is 0.600. The van der Waals surface area contributed by atoms with Crippen molar-refractivity contribution in [2.75, 3.05) is 0 Å². The van der Waals surface area contributed by atoms with E-state index in [4.69, 9.17) is 4.74 Å². The van der Waals surface area contributed by atoms with E-state index < -0.39 is 12.1 Å². The Morgan fingerprint density at radius 3 is 2.60 bits per heavy atom. The summed E-state index contributed by atoms with van der Waals surface area (Å²) >= 11 is 0. The van der Waals surface area contributed by atoms with Crippen molar-refractivity contribution in [1.82, 2.24) is 10.3 Å². The SMILES string of the molecule is C[C@@H](OC(=O)c1ccc[nH]1)C(=O)NC1CCCCCC1. The molecular formula is C15H22N2O3. The molecule has 5 nitrogen and oxygen atoms in total. The quantitative estimate of drug-likeness (QED) is 0.656. The van der Waals surface area contributed by atoms with Crippen LogP contribution in [0.3, 0.4) is 0 Å². The van der Waals surface area contributed by atoms with Gasteiger partial charge in [0, 0.05) is 12.2 Å². The van der Waals surface area contributed by atoms with Crippen molar-refractivity contribution in [1.29, 1.82) is 0 Å². The van der Waals surface area contributed by atoms with Gasteiger partial charge in [-0.25, -0.2) is 4.79 Å². The summed E-state index contributed by atoms with van der Waals surface area (Å²) in [5.74, 6) is -0.713. The molecule has 1 amide bonds. The Balaban J connectivity index is 1.80. The maximum absolute atomic E-state index is 12.0. The molecule has 1 saturated carbocycles. The Hall–Kier alpha value is -1.78. The second-order valence-corrected chi connectivity index (χ2v) is 5.33. The molecule has 2 N–H and O–H groups in total. The first-order valence-electron chi connectivity index (χ1n) is 7.31. The fourth-order valence-corrected chi connectivity index (χ4v) is 2.48. The van der Waals surface area contributed by atoms with Crippen molar-refractivity contribution in [2.45, 2.75) is 57.6 Å². The van der Waals surface area contributed by atoms with E-state index in [2.05, 4.69) is 10.3 Å². The highest BCUT2D eigenvalue weighted by atomic mass is 16.5. The summed E-state index contributed by atoms with van der Waals surface area (Å²) in [5, 5.41) is 2.98. The van der Waals surface area contributed by atoms with Crippen LogP contribution in [-0.4, -0.2) is 29.0 Å². The second kappa shape index (κ2) is 7.12. The number of H-pyrrole nitrogens is 1. The van der Waals surface area contributed by atoms with E-state index >= 15 is 0 Å². The summed E-state index contributed by atoms with van der Waals surface area (Å²) in [7, 11) is 0. The van der Waals surface area contributed by atoms with Crippen molar-refractivity contribution >= 4 is 11.9 Å². The van der Waals surface area contributed by atoms with E-state index in [0.29, 0.717) is 5.69 Å². The van der Waals surface area contributed by atoms with Gasteiger partial charge < -0.3 is 15.0 Å². The van der Waals surface area contributed by atoms with Gasteiger partial charge in [0.05, 0.1) is 0 Å². The van der Waals surface area contributed by atoms with Crippen LogP contribution in [-0.2, 0) is 9.53 Å². The van der Waals surface area contributed by atoms with Crippen LogP contribution in [0.4, 0.5) is 0 Å². The van der Waals surface area contributed by atoms with Crippen molar-refractivity contribution < 1.29 is 14.3 Å². The lowest BCUT2D eigenvalue weighted by atomic mass is 10.1. The minimum Gasteiger partial charge on any atom is -0.448 e. The third-order valence-electron chi connectivity index (χ3n) is 3.67. The maximum atomic E-state index is 12.0. The summed E-state index contributed by atoms with van der Waals surface area (Å²) in [6.45, 7) is 1.60. The van der Waals surface area contributed by atoms with Crippen LogP contribution >= 0.6 is 0 Å². The number of hydrogen-bond donors (Lipinski definition) is 2. The van der Waals surface area contributed by atoms with E-state index in [9.17, 15) is 9.59 Å². The minimum absolute atomic E-state index is 0.211. The lowest BCUT2D eigenvalue weighted by Crippen LogP contribution is -2.41. The van der Waals surface area contributed by atoms with Crippen LogP contribution < -0.4 is 5.32 Å². The van der Waals surface area contributed by atoms with Crippen molar-refractivity contribution in [3.8, 4) is 0 Å². The Labute approximate surface area is 119 Å². The molecule has 1 heterocycles. The van der Waals surface area contributed by atoms with Gasteiger partial charge in [-0.2, -0.15) is 0 Å². The monoisotopic (exact) mass is 278 g/mol. The third kappa shape index (κ3) is 4.11.